The normalized spacial score (nSPS) is 22.6. The van der Waals surface area contributed by atoms with Crippen molar-refractivity contribution in [3.63, 3.8) is 0 Å². The summed E-state index contributed by atoms with van der Waals surface area (Å²) < 4.78 is 30.3. The van der Waals surface area contributed by atoms with Gasteiger partial charge in [-0.2, -0.15) is 5.10 Å². The zero-order valence-electron chi connectivity index (χ0n) is 17.6. The van der Waals surface area contributed by atoms with E-state index in [1.165, 1.54) is 28.3 Å². The molecule has 2 amide bonds. The molecule has 1 aromatic heterocycles. The highest BCUT2D eigenvalue weighted by atomic mass is 35.5. The van der Waals surface area contributed by atoms with Crippen LogP contribution in [0.4, 0.5) is 8.78 Å². The Hall–Kier alpha value is -2.59. The minimum Gasteiger partial charge on any atom is -0.350 e. The highest BCUT2D eigenvalue weighted by Crippen LogP contribution is 2.48. The summed E-state index contributed by atoms with van der Waals surface area (Å²) in [6.45, 7) is 1.65. The van der Waals surface area contributed by atoms with Gasteiger partial charge in [0.05, 0.1) is 23.3 Å². The first-order chi connectivity index (χ1) is 15.2. The molecular formula is C21H25ClF2N6O2. The monoisotopic (exact) mass is 466 g/mol. The van der Waals surface area contributed by atoms with Crippen LogP contribution in [-0.4, -0.2) is 56.3 Å². The number of benzene rings is 1. The van der Waals surface area contributed by atoms with Gasteiger partial charge in [0.2, 0.25) is 11.8 Å². The summed E-state index contributed by atoms with van der Waals surface area (Å²) in [4.78, 5) is 30.8. The molecule has 1 aliphatic heterocycles. The molecule has 8 nitrogen and oxygen atoms in total. The highest BCUT2D eigenvalue weighted by Gasteiger charge is 2.45. The van der Waals surface area contributed by atoms with E-state index in [1.54, 1.807) is 6.07 Å². The van der Waals surface area contributed by atoms with Crippen molar-refractivity contribution in [3.05, 3.63) is 41.2 Å². The first-order valence-corrected chi connectivity index (χ1v) is 10.9. The average molecular weight is 467 g/mol. The average Bonchev–Trinajstić information content (AvgIpc) is 3.14. The van der Waals surface area contributed by atoms with Gasteiger partial charge in [0, 0.05) is 18.5 Å². The molecular weight excluding hydrogens is 442 g/mol. The molecule has 0 radical (unpaired) electrons. The molecule has 172 valence electrons. The number of carbonyl (C=O) groups is 2. The standard InChI is InChI=1S/C21H25ClF2N6O2/c1-21(4-5-21)7-15(25)20(32)29-9-12(23)6-17(29)19(31)27-8-13-16(30-11-26-10-28-30)3-2-14(22)18(13)24/h2-3,10-12,15,17H,4-9,25H2,1H3,(H,27,31)/t12-,15-,17+/m1/s1. The molecule has 11 heteroatoms. The number of carbonyl (C=O) groups excluding carboxylic acids is 2. The molecule has 32 heavy (non-hydrogen) atoms. The fourth-order valence-electron chi connectivity index (χ4n) is 4.12. The van der Waals surface area contributed by atoms with Crippen LogP contribution in [0.15, 0.2) is 24.8 Å². The van der Waals surface area contributed by atoms with Gasteiger partial charge < -0.3 is 16.0 Å². The van der Waals surface area contributed by atoms with Crippen LogP contribution < -0.4 is 11.1 Å². The van der Waals surface area contributed by atoms with Crippen LogP contribution in [0.3, 0.4) is 0 Å². The molecule has 2 fully saturated rings. The number of rotatable bonds is 7. The highest BCUT2D eigenvalue weighted by molar-refractivity contribution is 6.30. The lowest BCUT2D eigenvalue weighted by atomic mass is 9.98. The minimum atomic E-state index is -1.33. The molecule has 2 heterocycles. The van der Waals surface area contributed by atoms with Gasteiger partial charge in [-0.1, -0.05) is 18.5 Å². The summed E-state index contributed by atoms with van der Waals surface area (Å²) in [6, 6.07) is 1.15. The van der Waals surface area contributed by atoms with Crippen molar-refractivity contribution in [2.75, 3.05) is 6.54 Å². The van der Waals surface area contributed by atoms with Gasteiger partial charge in [0.15, 0.2) is 0 Å². The van der Waals surface area contributed by atoms with Crippen molar-refractivity contribution in [1.82, 2.24) is 25.0 Å². The number of nitrogens with zero attached hydrogens (tertiary/aromatic N) is 4. The number of aromatic nitrogens is 3. The van der Waals surface area contributed by atoms with Crippen LogP contribution in [0, 0.1) is 11.2 Å². The van der Waals surface area contributed by atoms with E-state index in [2.05, 4.69) is 22.3 Å². The molecule has 1 saturated heterocycles. The predicted molar refractivity (Wildman–Crippen MR) is 113 cm³/mol. The maximum atomic E-state index is 14.7. The van der Waals surface area contributed by atoms with Crippen molar-refractivity contribution in [2.45, 2.75) is 57.4 Å². The molecule has 3 N–H and O–H groups in total. The predicted octanol–water partition coefficient (Wildman–Crippen LogP) is 2.13. The maximum absolute atomic E-state index is 14.7. The van der Waals surface area contributed by atoms with E-state index in [4.69, 9.17) is 17.3 Å². The Morgan fingerprint density at radius 2 is 2.16 bits per heavy atom. The number of alkyl halides is 1. The van der Waals surface area contributed by atoms with Crippen LogP contribution in [0.1, 0.15) is 38.2 Å². The second-order valence-electron chi connectivity index (χ2n) is 8.88. The van der Waals surface area contributed by atoms with E-state index in [0.717, 1.165) is 12.8 Å². The summed E-state index contributed by atoms with van der Waals surface area (Å²) in [5, 5.41) is 6.49. The lowest BCUT2D eigenvalue weighted by Crippen LogP contribution is -2.51. The third-order valence-electron chi connectivity index (χ3n) is 6.25. The fraction of sp³-hybridized carbons (Fsp3) is 0.524. The molecule has 2 aliphatic rings. The van der Waals surface area contributed by atoms with E-state index in [9.17, 15) is 18.4 Å². The Balaban J connectivity index is 1.47. The van der Waals surface area contributed by atoms with Crippen molar-refractivity contribution in [3.8, 4) is 5.69 Å². The Kier molecular flexibility index (Phi) is 6.17. The minimum absolute atomic E-state index is 0.0452. The van der Waals surface area contributed by atoms with E-state index >= 15 is 0 Å². The summed E-state index contributed by atoms with van der Waals surface area (Å²) >= 11 is 5.92. The number of halogens is 3. The van der Waals surface area contributed by atoms with Gasteiger partial charge in [-0.15, -0.1) is 0 Å². The lowest BCUT2D eigenvalue weighted by molar-refractivity contribution is -0.139. The molecule has 2 aromatic rings. The van der Waals surface area contributed by atoms with Gasteiger partial charge in [0.25, 0.3) is 0 Å². The number of amides is 2. The number of nitrogens with one attached hydrogen (secondary N) is 1. The third-order valence-corrected chi connectivity index (χ3v) is 6.54. The van der Waals surface area contributed by atoms with Crippen LogP contribution in [-0.2, 0) is 16.1 Å². The largest absolute Gasteiger partial charge is 0.350 e. The molecule has 3 atom stereocenters. The second-order valence-corrected chi connectivity index (χ2v) is 9.28. The fourth-order valence-corrected chi connectivity index (χ4v) is 4.29. The molecule has 0 spiro atoms. The van der Waals surface area contributed by atoms with Crippen molar-refractivity contribution in [2.24, 2.45) is 11.1 Å². The zero-order chi connectivity index (χ0) is 23.0. The summed E-state index contributed by atoms with van der Waals surface area (Å²) in [7, 11) is 0. The summed E-state index contributed by atoms with van der Waals surface area (Å²) in [5.41, 5.74) is 6.58. The van der Waals surface area contributed by atoms with Crippen LogP contribution in [0.25, 0.3) is 5.69 Å². The number of likely N-dealkylation sites (tertiary alicyclic amines) is 1. The quantitative estimate of drug-likeness (QED) is 0.650. The first-order valence-electron chi connectivity index (χ1n) is 10.5. The molecule has 0 unspecified atom stereocenters. The summed E-state index contributed by atoms with van der Waals surface area (Å²) in [5.74, 6) is -1.72. The Bertz CT molecular complexity index is 1010. The molecule has 1 saturated carbocycles. The van der Waals surface area contributed by atoms with Gasteiger partial charge in [0.1, 0.15) is 30.7 Å². The van der Waals surface area contributed by atoms with Crippen molar-refractivity contribution >= 4 is 23.4 Å². The van der Waals surface area contributed by atoms with Crippen LogP contribution >= 0.6 is 11.6 Å². The van der Waals surface area contributed by atoms with Gasteiger partial charge >= 0.3 is 0 Å². The zero-order valence-corrected chi connectivity index (χ0v) is 18.4. The molecule has 1 aliphatic carbocycles. The number of nitrogens with two attached hydrogens (primary N) is 1. The first kappa shape index (κ1) is 22.6. The van der Waals surface area contributed by atoms with Gasteiger partial charge in [-0.05, 0) is 36.8 Å². The lowest BCUT2D eigenvalue weighted by Gasteiger charge is -2.27. The Morgan fingerprint density at radius 1 is 1.41 bits per heavy atom. The van der Waals surface area contributed by atoms with Gasteiger partial charge in [-0.3, -0.25) is 9.59 Å². The Labute approximate surface area is 189 Å². The topological polar surface area (TPSA) is 106 Å². The summed E-state index contributed by atoms with van der Waals surface area (Å²) in [6.07, 6.45) is 3.74. The van der Waals surface area contributed by atoms with E-state index in [0.29, 0.717) is 12.1 Å². The van der Waals surface area contributed by atoms with Crippen molar-refractivity contribution < 1.29 is 18.4 Å². The Morgan fingerprint density at radius 3 is 2.81 bits per heavy atom. The second kappa shape index (κ2) is 8.74. The van der Waals surface area contributed by atoms with E-state index < -0.39 is 35.9 Å². The third kappa shape index (κ3) is 4.61. The maximum Gasteiger partial charge on any atom is 0.243 e. The number of hydrogen-bond donors (Lipinski definition) is 2. The smallest absolute Gasteiger partial charge is 0.243 e. The van der Waals surface area contributed by atoms with Crippen molar-refractivity contribution in [1.29, 1.82) is 0 Å². The van der Waals surface area contributed by atoms with E-state index in [1.807, 2.05) is 0 Å². The molecule has 0 bridgehead atoms. The SMILES string of the molecule is CC1(C[C@@H](N)C(=O)N2C[C@H](F)C[C@H]2C(=O)NCc2c(-n3cncn3)ccc(Cl)c2F)CC1. The van der Waals surface area contributed by atoms with Crippen LogP contribution in [0.5, 0.6) is 0 Å². The molecule has 1 aromatic carbocycles. The van der Waals surface area contributed by atoms with E-state index in [-0.39, 0.29) is 35.5 Å². The van der Waals surface area contributed by atoms with Crippen LogP contribution in [0.2, 0.25) is 5.02 Å². The van der Waals surface area contributed by atoms with Gasteiger partial charge in [-0.25, -0.2) is 18.4 Å². The number of hydrogen-bond acceptors (Lipinski definition) is 5. The molecule has 4 rings (SSSR count).